The lowest BCUT2D eigenvalue weighted by Crippen LogP contribution is -2.40. The van der Waals surface area contributed by atoms with Crippen molar-refractivity contribution in [1.82, 2.24) is 0 Å². The van der Waals surface area contributed by atoms with Gasteiger partial charge in [-0.1, -0.05) is 23.2 Å². The molecule has 0 saturated carbocycles. The Morgan fingerprint density at radius 2 is 2.00 bits per heavy atom. The third-order valence-electron chi connectivity index (χ3n) is 0.834. The lowest BCUT2D eigenvalue weighted by Gasteiger charge is -2.06. The molecule has 0 amide bonds. The molecule has 9 heavy (non-hydrogen) atoms. The molecule has 0 aliphatic rings. The number of carbonyl (C=O) groups is 1. The van der Waals surface area contributed by atoms with Gasteiger partial charge in [-0.15, -0.1) is 0 Å². The first-order valence-corrected chi connectivity index (χ1v) is 3.24. The Morgan fingerprint density at radius 3 is 2.11 bits per heavy atom. The van der Waals surface area contributed by atoms with E-state index in [1.54, 1.807) is 0 Å². The van der Waals surface area contributed by atoms with Gasteiger partial charge in [0.2, 0.25) is 0 Å². The molecule has 0 heterocycles. The summed E-state index contributed by atoms with van der Waals surface area (Å²) in [5.74, 6) is -0.430. The summed E-state index contributed by atoms with van der Waals surface area (Å²) in [6.45, 7) is 0.0781. The van der Waals surface area contributed by atoms with Crippen molar-refractivity contribution in [3.8, 4) is 0 Å². The zero-order chi connectivity index (χ0) is 7.44. The number of halogens is 2. The maximum atomic E-state index is 10.6. The van der Waals surface area contributed by atoms with E-state index in [4.69, 9.17) is 34.7 Å². The minimum atomic E-state index is -1.05. The van der Waals surface area contributed by atoms with E-state index in [0.29, 0.717) is 0 Å². The molecule has 1 atom stereocenters. The average molecular weight is 171 g/mol. The Bertz CT molecular complexity index is 107. The zero-order valence-electron chi connectivity index (χ0n) is 4.68. The van der Waals surface area contributed by atoms with Crippen LogP contribution in [0.2, 0.25) is 0 Å². The molecule has 54 valence electrons. The van der Waals surface area contributed by atoms with Gasteiger partial charge in [-0.2, -0.15) is 0 Å². The molecular weight excluding hydrogens is 163 g/mol. The second-order valence-electron chi connectivity index (χ2n) is 1.55. The van der Waals surface area contributed by atoms with Crippen LogP contribution in [-0.4, -0.2) is 23.2 Å². The van der Waals surface area contributed by atoms with Gasteiger partial charge in [0.15, 0.2) is 10.6 Å². The number of alkyl halides is 2. The van der Waals surface area contributed by atoms with Gasteiger partial charge >= 0.3 is 0 Å². The molecule has 0 aromatic carbocycles. The van der Waals surface area contributed by atoms with Crippen LogP contribution in [0, 0.1) is 0 Å². The number of hydrogen-bond donors (Lipinski definition) is 2. The number of hydrogen-bond acceptors (Lipinski definition) is 3. The monoisotopic (exact) mass is 170 g/mol. The fraction of sp³-hybridized carbons (Fsp3) is 0.750. The van der Waals surface area contributed by atoms with Gasteiger partial charge in [-0.25, -0.2) is 0 Å². The first kappa shape index (κ1) is 9.17. The van der Waals surface area contributed by atoms with Crippen molar-refractivity contribution in [1.29, 1.82) is 0 Å². The van der Waals surface area contributed by atoms with E-state index in [0.717, 1.165) is 0 Å². The Balaban J connectivity index is 3.73. The van der Waals surface area contributed by atoms with Gasteiger partial charge in [-0.05, 0) is 0 Å². The number of rotatable bonds is 3. The number of Topliss-reactive ketones (excluding diaryl/α,β-unsaturated/α-hetero) is 1. The van der Waals surface area contributed by atoms with Gasteiger partial charge in [0.25, 0.3) is 0 Å². The summed E-state index contributed by atoms with van der Waals surface area (Å²) >= 11 is 10.4. The van der Waals surface area contributed by atoms with Crippen LogP contribution in [0.3, 0.4) is 0 Å². The van der Waals surface area contributed by atoms with Crippen LogP contribution in [0.1, 0.15) is 0 Å². The molecule has 0 aliphatic carbocycles. The summed E-state index contributed by atoms with van der Waals surface area (Å²) in [4.78, 5) is 9.55. The molecule has 0 saturated heterocycles. The number of nitrogens with two attached hydrogens (primary N) is 2. The molecular formula is C4H8Cl2N2O. The first-order chi connectivity index (χ1) is 4.09. The smallest absolute Gasteiger partial charge is 0.183 e. The van der Waals surface area contributed by atoms with Gasteiger partial charge in [0, 0.05) is 6.54 Å². The van der Waals surface area contributed by atoms with Crippen molar-refractivity contribution in [2.45, 2.75) is 10.9 Å². The number of ketones is 1. The van der Waals surface area contributed by atoms with Crippen LogP contribution in [0.4, 0.5) is 0 Å². The van der Waals surface area contributed by atoms with Crippen molar-refractivity contribution < 1.29 is 4.79 Å². The highest BCUT2D eigenvalue weighted by atomic mass is 35.5. The summed E-state index contributed by atoms with van der Waals surface area (Å²) in [5.41, 5.74) is 10.2. The standard InChI is InChI=1S/C4H8Cl2N2O/c5-4(6)3(9)2(8)1-7/h2,4H,1,7-8H2. The van der Waals surface area contributed by atoms with Crippen LogP contribution in [0.25, 0.3) is 0 Å². The Morgan fingerprint density at radius 1 is 1.56 bits per heavy atom. The van der Waals surface area contributed by atoms with Crippen LogP contribution < -0.4 is 11.5 Å². The van der Waals surface area contributed by atoms with Crippen molar-refractivity contribution in [3.05, 3.63) is 0 Å². The van der Waals surface area contributed by atoms with Crippen molar-refractivity contribution >= 4 is 29.0 Å². The van der Waals surface area contributed by atoms with Crippen LogP contribution >= 0.6 is 23.2 Å². The Kier molecular flexibility index (Phi) is 4.14. The van der Waals surface area contributed by atoms with Gasteiger partial charge in [0.05, 0.1) is 6.04 Å². The lowest BCUT2D eigenvalue weighted by atomic mass is 10.2. The summed E-state index contributed by atoms with van der Waals surface area (Å²) < 4.78 is 0. The zero-order valence-corrected chi connectivity index (χ0v) is 6.19. The minimum absolute atomic E-state index is 0.0781. The largest absolute Gasteiger partial charge is 0.328 e. The maximum absolute atomic E-state index is 10.6. The summed E-state index contributed by atoms with van der Waals surface area (Å²) in [5, 5.41) is 0. The van der Waals surface area contributed by atoms with Gasteiger partial charge < -0.3 is 11.5 Å². The summed E-state index contributed by atoms with van der Waals surface area (Å²) in [6.07, 6.45) is 0. The predicted molar refractivity (Wildman–Crippen MR) is 37.5 cm³/mol. The van der Waals surface area contributed by atoms with E-state index in [-0.39, 0.29) is 6.54 Å². The van der Waals surface area contributed by atoms with E-state index in [9.17, 15) is 4.79 Å². The molecule has 0 aromatic heterocycles. The fourth-order valence-corrected chi connectivity index (χ4v) is 0.602. The molecule has 0 bridgehead atoms. The Hall–Kier alpha value is 0.170. The lowest BCUT2D eigenvalue weighted by molar-refractivity contribution is -0.118. The first-order valence-electron chi connectivity index (χ1n) is 2.37. The second kappa shape index (κ2) is 4.06. The molecule has 0 aliphatic heterocycles. The second-order valence-corrected chi connectivity index (χ2v) is 2.64. The molecule has 4 N–H and O–H groups in total. The number of carbonyl (C=O) groups excluding carboxylic acids is 1. The molecule has 3 nitrogen and oxygen atoms in total. The minimum Gasteiger partial charge on any atom is -0.328 e. The molecule has 1 unspecified atom stereocenters. The SMILES string of the molecule is NCC(N)C(=O)C(Cl)Cl. The highest BCUT2D eigenvalue weighted by Crippen LogP contribution is 2.03. The van der Waals surface area contributed by atoms with Crippen LogP contribution in [0.5, 0.6) is 0 Å². The van der Waals surface area contributed by atoms with E-state index in [2.05, 4.69) is 0 Å². The van der Waals surface area contributed by atoms with Crippen LogP contribution in [0.15, 0.2) is 0 Å². The molecule has 0 aromatic rings. The molecule has 0 fully saturated rings. The molecule has 5 heteroatoms. The molecule has 0 spiro atoms. The van der Waals surface area contributed by atoms with Crippen LogP contribution in [-0.2, 0) is 4.79 Å². The topological polar surface area (TPSA) is 69.1 Å². The molecule has 0 radical (unpaired) electrons. The highest BCUT2D eigenvalue weighted by Gasteiger charge is 2.17. The average Bonchev–Trinajstić information content (AvgIpc) is 1.84. The van der Waals surface area contributed by atoms with Gasteiger partial charge in [0.1, 0.15) is 0 Å². The van der Waals surface area contributed by atoms with E-state index in [1.165, 1.54) is 0 Å². The van der Waals surface area contributed by atoms with E-state index < -0.39 is 16.7 Å². The maximum Gasteiger partial charge on any atom is 0.183 e. The highest BCUT2D eigenvalue weighted by molar-refractivity contribution is 6.54. The van der Waals surface area contributed by atoms with Crippen molar-refractivity contribution in [2.75, 3.05) is 6.54 Å². The fourth-order valence-electron chi connectivity index (χ4n) is 0.278. The predicted octanol–water partition coefficient (Wildman–Crippen LogP) is -0.355. The van der Waals surface area contributed by atoms with Gasteiger partial charge in [-0.3, -0.25) is 4.79 Å². The van der Waals surface area contributed by atoms with Crippen molar-refractivity contribution in [3.63, 3.8) is 0 Å². The van der Waals surface area contributed by atoms with E-state index in [1.807, 2.05) is 0 Å². The summed E-state index contributed by atoms with van der Waals surface area (Å²) in [6, 6.07) is -0.731. The third kappa shape index (κ3) is 3.01. The quantitative estimate of drug-likeness (QED) is 0.570. The Labute approximate surface area is 63.3 Å². The van der Waals surface area contributed by atoms with E-state index >= 15 is 0 Å². The normalized spacial score (nSPS) is 13.9. The summed E-state index contributed by atoms with van der Waals surface area (Å²) in [7, 11) is 0. The van der Waals surface area contributed by atoms with Crippen molar-refractivity contribution in [2.24, 2.45) is 11.5 Å². The third-order valence-corrected chi connectivity index (χ3v) is 1.26. The molecule has 0 rings (SSSR count).